The summed E-state index contributed by atoms with van der Waals surface area (Å²) >= 11 is 0. The van der Waals surface area contributed by atoms with Gasteiger partial charge >= 0.3 is 5.97 Å². The number of nitrogens with zero attached hydrogens (tertiary/aromatic N) is 2. The first kappa shape index (κ1) is 47.9. The topological polar surface area (TPSA) is 54.0 Å². The minimum Gasteiger partial charge on any atom is -0.442 e. The van der Waals surface area contributed by atoms with Gasteiger partial charge in [-0.15, -0.1) is 21.9 Å². The van der Waals surface area contributed by atoms with Crippen LogP contribution in [0.5, 0.6) is 0 Å². The van der Waals surface area contributed by atoms with E-state index in [0.29, 0.717) is 12.2 Å². The molecule has 0 saturated carbocycles. The Balaban J connectivity index is 0.000000337. The summed E-state index contributed by atoms with van der Waals surface area (Å²) in [4.78, 5) is 11.8. The Morgan fingerprint density at radius 2 is 0.719 bits per heavy atom. The Morgan fingerprint density at radius 3 is 1.02 bits per heavy atom. The molecule has 0 aliphatic carbocycles. The molecule has 4 nitrogen and oxygen atoms in total. The van der Waals surface area contributed by atoms with E-state index in [1.807, 2.05) is 42.6 Å². The summed E-state index contributed by atoms with van der Waals surface area (Å²) in [6.07, 6.45) is -5.40. The third-order valence-corrected chi connectivity index (χ3v) is 9.32. The molecular formula is C39H13BF20N2O2. The van der Waals surface area contributed by atoms with E-state index in [0.717, 1.165) is 5.56 Å². The summed E-state index contributed by atoms with van der Waals surface area (Å²) in [5.41, 5.74) is -12.8. The standard InChI is InChI=1S/C24BF20.C15H13N2O2/c26-5-1(6(27)14(35)21(42)13(5)34)25(2-7(28)15(36)22(43)16(37)8(2)29,3-9(30)17(38)23(44)18(39)10(3)31)4-11(32)19(40)24(45)20(41)12(4)33;16-9-11-19-15(18)14-8-4-5-10-17(14)12-13-6-2-1-3-7-13/h;1-8,10H,11-12H2/q-1;+1. The van der Waals surface area contributed by atoms with Crippen LogP contribution < -0.4 is 26.4 Å². The predicted molar refractivity (Wildman–Crippen MR) is 177 cm³/mol. The fraction of sp³-hybridized carbons (Fsp3) is 0.0513. The van der Waals surface area contributed by atoms with Crippen LogP contribution in [-0.4, -0.2) is 18.7 Å². The number of carbonyl (C=O) groups is 1. The molecule has 6 aromatic rings. The maximum atomic E-state index is 15.4. The van der Waals surface area contributed by atoms with Crippen LogP contribution in [0.15, 0.2) is 54.7 Å². The van der Waals surface area contributed by atoms with Crippen molar-refractivity contribution in [1.82, 2.24) is 0 Å². The Kier molecular flexibility index (Phi) is 13.7. The third-order valence-electron chi connectivity index (χ3n) is 9.32. The van der Waals surface area contributed by atoms with E-state index in [2.05, 4.69) is 0 Å². The van der Waals surface area contributed by atoms with Gasteiger partial charge in [-0.2, -0.15) is 9.83 Å². The number of rotatable bonds is 8. The summed E-state index contributed by atoms with van der Waals surface area (Å²) < 4.78 is 301. The number of esters is 1. The lowest BCUT2D eigenvalue weighted by atomic mass is 9.12. The Morgan fingerprint density at radius 1 is 0.438 bits per heavy atom. The number of hydrogen-bond acceptors (Lipinski definition) is 3. The van der Waals surface area contributed by atoms with Gasteiger partial charge in [0.05, 0.1) is 0 Å². The summed E-state index contributed by atoms with van der Waals surface area (Å²) in [7, 11) is 0. The molecule has 0 fully saturated rings. The second kappa shape index (κ2) is 18.3. The minimum atomic E-state index is -7.22. The Bertz CT molecular complexity index is 2530. The molecule has 0 unspecified atom stereocenters. The van der Waals surface area contributed by atoms with Gasteiger partial charge < -0.3 is 4.74 Å². The van der Waals surface area contributed by atoms with Gasteiger partial charge in [0.1, 0.15) is 58.8 Å². The number of nitriles is 1. The zero-order valence-corrected chi connectivity index (χ0v) is 30.5. The molecule has 1 heterocycles. The fourth-order valence-corrected chi connectivity index (χ4v) is 6.63. The Hall–Kier alpha value is -7.13. The molecule has 6 rings (SSSR count). The van der Waals surface area contributed by atoms with Gasteiger partial charge in [0.2, 0.25) is 0 Å². The zero-order valence-electron chi connectivity index (χ0n) is 30.5. The number of aromatic nitrogens is 1. The average molecular weight is 932 g/mol. The van der Waals surface area contributed by atoms with Crippen LogP contribution in [0.1, 0.15) is 16.1 Å². The quantitative estimate of drug-likeness (QED) is 0.0396. The van der Waals surface area contributed by atoms with Crippen molar-refractivity contribution in [3.63, 3.8) is 0 Å². The number of carbonyl (C=O) groups excluding carboxylic acids is 1. The zero-order chi connectivity index (χ0) is 47.9. The normalized spacial score (nSPS) is 11.3. The number of halogens is 20. The monoisotopic (exact) mass is 932 g/mol. The van der Waals surface area contributed by atoms with Crippen molar-refractivity contribution in [2.45, 2.75) is 6.54 Å². The van der Waals surface area contributed by atoms with Gasteiger partial charge in [-0.1, -0.05) is 30.3 Å². The molecule has 0 aliphatic heterocycles. The van der Waals surface area contributed by atoms with E-state index < -0.39 is 150 Å². The maximum absolute atomic E-state index is 15.4. The molecule has 25 heteroatoms. The van der Waals surface area contributed by atoms with Crippen molar-refractivity contribution < 1.29 is 102 Å². The number of hydrogen-bond donors (Lipinski definition) is 0. The number of ether oxygens (including phenoxy) is 1. The molecule has 64 heavy (non-hydrogen) atoms. The smallest absolute Gasteiger partial charge is 0.404 e. The van der Waals surface area contributed by atoms with Gasteiger partial charge in [0.15, 0.2) is 89.2 Å². The van der Waals surface area contributed by atoms with Crippen LogP contribution in [0.4, 0.5) is 87.8 Å². The fourth-order valence-electron chi connectivity index (χ4n) is 6.63. The van der Waals surface area contributed by atoms with Gasteiger partial charge in [0, 0.05) is 17.7 Å². The molecule has 0 saturated heterocycles. The lowest BCUT2D eigenvalue weighted by molar-refractivity contribution is -0.690. The highest BCUT2D eigenvalue weighted by atomic mass is 19.2. The largest absolute Gasteiger partial charge is 0.442 e. The van der Waals surface area contributed by atoms with E-state index in [1.54, 1.807) is 22.8 Å². The molecule has 334 valence electrons. The summed E-state index contributed by atoms with van der Waals surface area (Å²) in [6, 6.07) is 16.9. The van der Waals surface area contributed by atoms with Crippen molar-refractivity contribution in [3.8, 4) is 6.07 Å². The summed E-state index contributed by atoms with van der Waals surface area (Å²) in [6.45, 7) is 0.345. The van der Waals surface area contributed by atoms with Crippen LogP contribution in [0, 0.1) is 128 Å². The summed E-state index contributed by atoms with van der Waals surface area (Å²) in [5.74, 6) is -71.9. The van der Waals surface area contributed by atoms with Crippen molar-refractivity contribution in [2.75, 3.05) is 6.61 Å². The molecule has 0 amide bonds. The van der Waals surface area contributed by atoms with Crippen LogP contribution >= 0.6 is 0 Å². The first-order chi connectivity index (χ1) is 30.0. The van der Waals surface area contributed by atoms with Crippen molar-refractivity contribution >= 4 is 34.0 Å². The second-order valence-electron chi connectivity index (χ2n) is 12.7. The lowest BCUT2D eigenvalue weighted by Crippen LogP contribution is -2.81. The molecule has 0 atom stereocenters. The highest BCUT2D eigenvalue weighted by molar-refractivity contribution is 7.20. The first-order valence-corrected chi connectivity index (χ1v) is 16.8. The van der Waals surface area contributed by atoms with Crippen molar-refractivity contribution in [2.24, 2.45) is 0 Å². The third kappa shape index (κ3) is 7.69. The predicted octanol–water partition coefficient (Wildman–Crippen LogP) is 7.55. The molecule has 0 spiro atoms. The molecule has 1 aromatic heterocycles. The maximum Gasteiger partial charge on any atom is 0.404 e. The van der Waals surface area contributed by atoms with E-state index in [1.165, 1.54) is 0 Å². The van der Waals surface area contributed by atoms with E-state index in [-0.39, 0.29) is 6.61 Å². The van der Waals surface area contributed by atoms with E-state index in [9.17, 15) is 57.5 Å². The van der Waals surface area contributed by atoms with Gasteiger partial charge in [-0.25, -0.2) is 92.6 Å². The average Bonchev–Trinajstić information content (AvgIpc) is 3.28. The molecule has 0 bridgehead atoms. The first-order valence-electron chi connectivity index (χ1n) is 16.8. The van der Waals surface area contributed by atoms with Crippen LogP contribution in [0.2, 0.25) is 0 Å². The molecular weight excluding hydrogens is 919 g/mol. The minimum absolute atomic E-state index is 0.237. The number of benzene rings is 5. The van der Waals surface area contributed by atoms with Crippen molar-refractivity contribution in [3.05, 3.63) is 182 Å². The molecule has 0 N–H and O–H groups in total. The van der Waals surface area contributed by atoms with Crippen molar-refractivity contribution in [1.29, 1.82) is 5.26 Å². The second-order valence-corrected chi connectivity index (χ2v) is 12.7. The Labute approximate surface area is 342 Å². The summed E-state index contributed by atoms with van der Waals surface area (Å²) in [5, 5.41) is 8.43. The van der Waals surface area contributed by atoms with Crippen LogP contribution in [0.25, 0.3) is 0 Å². The highest BCUT2D eigenvalue weighted by Gasteiger charge is 2.52. The molecule has 0 radical (unpaired) electrons. The lowest BCUT2D eigenvalue weighted by Gasteiger charge is -2.44. The number of pyridine rings is 1. The SMILES string of the molecule is Fc1c(F)c(F)c([B-](c2c(F)c(F)c(F)c(F)c2F)(c2c(F)c(F)c(F)c(F)c2F)c2c(F)c(F)c(F)c(F)c2F)c(F)c1F.N#CCOC(=O)c1cccc[n+]1Cc1ccccc1. The van der Waals surface area contributed by atoms with Gasteiger partial charge in [0.25, 0.3) is 5.69 Å². The van der Waals surface area contributed by atoms with Gasteiger partial charge in [-0.3, -0.25) is 0 Å². The van der Waals surface area contributed by atoms with Gasteiger partial charge in [-0.05, 0) is 6.07 Å². The van der Waals surface area contributed by atoms with Crippen LogP contribution in [-0.2, 0) is 11.3 Å². The highest BCUT2D eigenvalue weighted by Crippen LogP contribution is 2.30. The van der Waals surface area contributed by atoms with Crippen LogP contribution in [0.3, 0.4) is 0 Å². The molecule has 5 aromatic carbocycles. The van der Waals surface area contributed by atoms with E-state index >= 15 is 35.1 Å². The molecule has 0 aliphatic rings. The van der Waals surface area contributed by atoms with E-state index in [4.69, 9.17) is 10.00 Å².